The Morgan fingerprint density at radius 3 is 2.90 bits per heavy atom. The predicted octanol–water partition coefficient (Wildman–Crippen LogP) is 3.83. The number of nitrogens with zero attached hydrogens (tertiary/aromatic N) is 1. The first-order valence-corrected chi connectivity index (χ1v) is 7.44. The molecule has 1 aliphatic rings. The van der Waals surface area contributed by atoms with Gasteiger partial charge in [-0.3, -0.25) is 4.90 Å². The number of hydrogen-bond acceptors (Lipinski definition) is 3. The van der Waals surface area contributed by atoms with Crippen molar-refractivity contribution in [2.45, 2.75) is 26.1 Å². The fourth-order valence-electron chi connectivity index (χ4n) is 2.72. The van der Waals surface area contributed by atoms with Gasteiger partial charge >= 0.3 is 0 Å². The monoisotopic (exact) mass is 303 g/mol. The van der Waals surface area contributed by atoms with Crippen LogP contribution in [0.3, 0.4) is 0 Å². The summed E-state index contributed by atoms with van der Waals surface area (Å²) in [5.74, 6) is 1.23. The number of fused-ring (bicyclic) bond motifs is 1. The van der Waals surface area contributed by atoms with Crippen LogP contribution in [-0.4, -0.2) is 22.7 Å². The molecule has 21 heavy (non-hydrogen) atoms. The van der Waals surface area contributed by atoms with Crippen LogP contribution in [-0.2, 0) is 13.1 Å². The summed E-state index contributed by atoms with van der Waals surface area (Å²) in [4.78, 5) is 2.27. The summed E-state index contributed by atoms with van der Waals surface area (Å²) in [6, 6.07) is 13.2. The van der Waals surface area contributed by atoms with E-state index in [4.69, 9.17) is 16.3 Å². The largest absolute Gasteiger partial charge is 0.508 e. The third kappa shape index (κ3) is 3.31. The summed E-state index contributed by atoms with van der Waals surface area (Å²) < 4.78 is 5.95. The zero-order valence-corrected chi connectivity index (χ0v) is 12.7. The van der Waals surface area contributed by atoms with E-state index in [9.17, 15) is 5.11 Å². The van der Waals surface area contributed by atoms with E-state index in [1.165, 1.54) is 0 Å². The van der Waals surface area contributed by atoms with Crippen molar-refractivity contribution in [1.29, 1.82) is 0 Å². The second-order valence-electron chi connectivity index (χ2n) is 5.48. The molecule has 0 saturated heterocycles. The summed E-state index contributed by atoms with van der Waals surface area (Å²) in [6.07, 6.45) is 0.0956. The maximum Gasteiger partial charge on any atom is 0.124 e. The lowest BCUT2D eigenvalue weighted by Gasteiger charge is -2.22. The highest BCUT2D eigenvalue weighted by Crippen LogP contribution is 2.29. The molecule has 1 atom stereocenters. The van der Waals surface area contributed by atoms with Crippen LogP contribution in [0.1, 0.15) is 18.1 Å². The molecule has 0 amide bonds. The van der Waals surface area contributed by atoms with Gasteiger partial charge in [0.15, 0.2) is 0 Å². The standard InChI is InChI=1S/C17H18ClNO2/c1-12-9-19(10-13-4-2-3-5-16(13)20)11-14-8-15(18)6-7-17(14)21-12/h2-8,12,20H,9-11H2,1H3. The van der Waals surface area contributed by atoms with E-state index in [0.29, 0.717) is 12.3 Å². The van der Waals surface area contributed by atoms with E-state index in [2.05, 4.69) is 11.8 Å². The average molecular weight is 304 g/mol. The summed E-state index contributed by atoms with van der Waals surface area (Å²) in [6.45, 7) is 4.31. The predicted molar refractivity (Wildman–Crippen MR) is 83.8 cm³/mol. The Hall–Kier alpha value is -1.71. The topological polar surface area (TPSA) is 32.7 Å². The number of hydrogen-bond donors (Lipinski definition) is 1. The number of halogens is 1. The van der Waals surface area contributed by atoms with E-state index in [-0.39, 0.29) is 6.10 Å². The number of para-hydroxylation sites is 1. The minimum Gasteiger partial charge on any atom is -0.508 e. The lowest BCUT2D eigenvalue weighted by atomic mass is 10.1. The average Bonchev–Trinajstić information content (AvgIpc) is 2.59. The Morgan fingerprint density at radius 1 is 1.29 bits per heavy atom. The van der Waals surface area contributed by atoms with E-state index in [1.807, 2.05) is 36.4 Å². The van der Waals surface area contributed by atoms with Gasteiger partial charge in [0.25, 0.3) is 0 Å². The molecule has 2 aromatic rings. The summed E-state index contributed by atoms with van der Waals surface area (Å²) in [5, 5.41) is 10.7. The van der Waals surface area contributed by atoms with Gasteiger partial charge in [-0.1, -0.05) is 29.8 Å². The third-order valence-corrected chi connectivity index (χ3v) is 3.88. The molecular formula is C17H18ClNO2. The van der Waals surface area contributed by atoms with E-state index < -0.39 is 0 Å². The van der Waals surface area contributed by atoms with Crippen molar-refractivity contribution in [2.75, 3.05) is 6.54 Å². The van der Waals surface area contributed by atoms with E-state index in [0.717, 1.165) is 35.0 Å². The highest BCUT2D eigenvalue weighted by atomic mass is 35.5. The quantitative estimate of drug-likeness (QED) is 0.915. The van der Waals surface area contributed by atoms with Gasteiger partial charge in [-0.15, -0.1) is 0 Å². The fraction of sp³-hybridized carbons (Fsp3) is 0.294. The van der Waals surface area contributed by atoms with Gasteiger partial charge in [0.1, 0.15) is 17.6 Å². The van der Waals surface area contributed by atoms with Crippen molar-refractivity contribution < 1.29 is 9.84 Å². The molecule has 110 valence electrons. The molecule has 4 heteroatoms. The van der Waals surface area contributed by atoms with Crippen molar-refractivity contribution in [3.05, 3.63) is 58.6 Å². The molecule has 1 aliphatic heterocycles. The molecule has 3 nitrogen and oxygen atoms in total. The third-order valence-electron chi connectivity index (χ3n) is 3.65. The Kier molecular flexibility index (Phi) is 4.04. The van der Waals surface area contributed by atoms with Gasteiger partial charge < -0.3 is 9.84 Å². The maximum absolute atomic E-state index is 9.94. The van der Waals surface area contributed by atoms with E-state index >= 15 is 0 Å². The number of phenols is 1. The highest BCUT2D eigenvalue weighted by molar-refractivity contribution is 6.30. The van der Waals surface area contributed by atoms with Crippen LogP contribution in [0.4, 0.5) is 0 Å². The van der Waals surface area contributed by atoms with Gasteiger partial charge in [0.2, 0.25) is 0 Å². The van der Waals surface area contributed by atoms with Crippen molar-refractivity contribution in [3.8, 4) is 11.5 Å². The number of aromatic hydroxyl groups is 1. The first kappa shape index (κ1) is 14.2. The van der Waals surface area contributed by atoms with Crippen LogP contribution in [0.25, 0.3) is 0 Å². The normalized spacial score (nSPS) is 18.7. The minimum absolute atomic E-state index is 0.0956. The lowest BCUT2D eigenvalue weighted by molar-refractivity contribution is 0.155. The number of phenolic OH excluding ortho intramolecular Hbond substituents is 1. The van der Waals surface area contributed by atoms with Gasteiger partial charge in [-0.05, 0) is 31.2 Å². The fourth-order valence-corrected chi connectivity index (χ4v) is 2.91. The van der Waals surface area contributed by atoms with Crippen LogP contribution in [0.15, 0.2) is 42.5 Å². The van der Waals surface area contributed by atoms with Crippen LogP contribution >= 0.6 is 11.6 Å². The van der Waals surface area contributed by atoms with Crippen LogP contribution in [0, 0.1) is 0 Å². The van der Waals surface area contributed by atoms with Crippen molar-refractivity contribution >= 4 is 11.6 Å². The lowest BCUT2D eigenvalue weighted by Crippen LogP contribution is -2.30. The molecule has 0 aliphatic carbocycles. The number of ether oxygens (including phenoxy) is 1. The molecular weight excluding hydrogens is 286 g/mol. The molecule has 0 saturated carbocycles. The van der Waals surface area contributed by atoms with Crippen LogP contribution in [0.2, 0.25) is 5.02 Å². The summed E-state index contributed by atoms with van der Waals surface area (Å²) >= 11 is 6.09. The second-order valence-corrected chi connectivity index (χ2v) is 5.92. The second kappa shape index (κ2) is 5.96. The molecule has 0 bridgehead atoms. The summed E-state index contributed by atoms with van der Waals surface area (Å²) in [7, 11) is 0. The van der Waals surface area contributed by atoms with Gasteiger partial charge in [0.05, 0.1) is 0 Å². The Morgan fingerprint density at radius 2 is 2.10 bits per heavy atom. The zero-order chi connectivity index (χ0) is 14.8. The molecule has 0 spiro atoms. The number of rotatable bonds is 2. The molecule has 0 fully saturated rings. The minimum atomic E-state index is 0.0956. The Balaban J connectivity index is 1.85. The van der Waals surface area contributed by atoms with E-state index in [1.54, 1.807) is 6.07 Å². The van der Waals surface area contributed by atoms with Gasteiger partial charge in [-0.25, -0.2) is 0 Å². The SMILES string of the molecule is CC1CN(Cc2ccccc2O)Cc2cc(Cl)ccc2O1. The first-order valence-electron chi connectivity index (χ1n) is 7.06. The molecule has 1 heterocycles. The molecule has 1 N–H and O–H groups in total. The van der Waals surface area contributed by atoms with Gasteiger partial charge in [-0.2, -0.15) is 0 Å². The molecule has 1 unspecified atom stereocenters. The van der Waals surface area contributed by atoms with Crippen molar-refractivity contribution in [1.82, 2.24) is 4.90 Å². The first-order chi connectivity index (χ1) is 10.1. The van der Waals surface area contributed by atoms with Crippen molar-refractivity contribution in [2.24, 2.45) is 0 Å². The number of benzene rings is 2. The smallest absolute Gasteiger partial charge is 0.124 e. The maximum atomic E-state index is 9.94. The Labute approximate surface area is 129 Å². The Bertz CT molecular complexity index is 644. The molecule has 0 aromatic heterocycles. The zero-order valence-electron chi connectivity index (χ0n) is 11.9. The highest BCUT2D eigenvalue weighted by Gasteiger charge is 2.21. The van der Waals surface area contributed by atoms with Gasteiger partial charge in [0, 0.05) is 35.8 Å². The summed E-state index contributed by atoms with van der Waals surface area (Å²) in [5.41, 5.74) is 2.01. The molecule has 2 aromatic carbocycles. The van der Waals surface area contributed by atoms with Crippen LogP contribution in [0.5, 0.6) is 11.5 Å². The van der Waals surface area contributed by atoms with Crippen molar-refractivity contribution in [3.63, 3.8) is 0 Å². The van der Waals surface area contributed by atoms with Crippen LogP contribution < -0.4 is 4.74 Å². The molecule has 0 radical (unpaired) electrons. The molecule has 3 rings (SSSR count).